The Labute approximate surface area is 143 Å². The van der Waals surface area contributed by atoms with Crippen LogP contribution in [0.25, 0.3) is 0 Å². The molecule has 0 aliphatic heterocycles. The number of rotatable bonds is 6. The van der Waals surface area contributed by atoms with Crippen LogP contribution in [-0.2, 0) is 21.4 Å². The van der Waals surface area contributed by atoms with E-state index in [2.05, 4.69) is 5.32 Å². The summed E-state index contributed by atoms with van der Waals surface area (Å²) in [6, 6.07) is 14.9. The molecule has 24 heavy (non-hydrogen) atoms. The van der Waals surface area contributed by atoms with Gasteiger partial charge in [0, 0.05) is 12.2 Å². The Hall–Kier alpha value is -2.18. The SMILES string of the molecule is Cc1ccc(NC(=O)CN(Cc2ccccc2)S(C)(=O)=O)c(C)c1. The number of nitrogens with one attached hydrogen (secondary N) is 1. The van der Waals surface area contributed by atoms with Crippen molar-refractivity contribution < 1.29 is 13.2 Å². The Morgan fingerprint density at radius 1 is 1.08 bits per heavy atom. The summed E-state index contributed by atoms with van der Waals surface area (Å²) in [4.78, 5) is 12.3. The molecule has 0 fully saturated rings. The molecule has 6 heteroatoms. The third-order valence-electron chi connectivity index (χ3n) is 3.65. The summed E-state index contributed by atoms with van der Waals surface area (Å²) in [5.74, 6) is -0.358. The van der Waals surface area contributed by atoms with E-state index in [9.17, 15) is 13.2 Å². The Bertz CT molecular complexity index is 817. The van der Waals surface area contributed by atoms with E-state index in [0.717, 1.165) is 22.9 Å². The molecule has 1 amide bonds. The van der Waals surface area contributed by atoms with Gasteiger partial charge in [-0.1, -0.05) is 48.0 Å². The minimum atomic E-state index is -3.49. The van der Waals surface area contributed by atoms with Crippen LogP contribution in [0.2, 0.25) is 0 Å². The van der Waals surface area contributed by atoms with E-state index < -0.39 is 10.0 Å². The lowest BCUT2D eigenvalue weighted by Gasteiger charge is -2.20. The summed E-state index contributed by atoms with van der Waals surface area (Å²) < 4.78 is 25.1. The first-order chi connectivity index (χ1) is 11.3. The normalized spacial score (nSPS) is 11.5. The maximum Gasteiger partial charge on any atom is 0.239 e. The quantitative estimate of drug-likeness (QED) is 0.874. The molecule has 5 nitrogen and oxygen atoms in total. The first-order valence-electron chi connectivity index (χ1n) is 7.62. The summed E-state index contributed by atoms with van der Waals surface area (Å²) in [5, 5.41) is 2.78. The average molecular weight is 346 g/mol. The predicted molar refractivity (Wildman–Crippen MR) is 96.2 cm³/mol. The zero-order chi connectivity index (χ0) is 17.7. The molecule has 2 aromatic carbocycles. The lowest BCUT2D eigenvalue weighted by atomic mass is 10.1. The van der Waals surface area contributed by atoms with Crippen molar-refractivity contribution in [1.82, 2.24) is 4.31 Å². The van der Waals surface area contributed by atoms with E-state index in [1.54, 1.807) is 0 Å². The molecule has 0 saturated heterocycles. The zero-order valence-corrected chi connectivity index (χ0v) is 14.9. The molecule has 0 saturated carbocycles. The molecule has 1 N–H and O–H groups in total. The van der Waals surface area contributed by atoms with Gasteiger partial charge in [-0.15, -0.1) is 0 Å². The Kier molecular flexibility index (Phi) is 5.75. The second kappa shape index (κ2) is 7.59. The highest BCUT2D eigenvalue weighted by molar-refractivity contribution is 7.88. The fraction of sp³-hybridized carbons (Fsp3) is 0.278. The number of aryl methyl sites for hydroxylation is 2. The molecule has 2 aromatic rings. The van der Waals surface area contributed by atoms with Gasteiger partial charge in [0.05, 0.1) is 12.8 Å². The molecule has 2 rings (SSSR count). The Morgan fingerprint density at radius 3 is 2.33 bits per heavy atom. The second-order valence-corrected chi connectivity index (χ2v) is 7.87. The molecule has 0 spiro atoms. The van der Waals surface area contributed by atoms with E-state index in [0.29, 0.717) is 5.69 Å². The van der Waals surface area contributed by atoms with E-state index in [-0.39, 0.29) is 19.0 Å². The fourth-order valence-electron chi connectivity index (χ4n) is 2.38. The maximum absolute atomic E-state index is 12.3. The van der Waals surface area contributed by atoms with Crippen LogP contribution in [0.1, 0.15) is 16.7 Å². The summed E-state index contributed by atoms with van der Waals surface area (Å²) in [6.45, 7) is 3.83. The van der Waals surface area contributed by atoms with Crippen LogP contribution in [0.5, 0.6) is 0 Å². The number of sulfonamides is 1. The topological polar surface area (TPSA) is 66.5 Å². The second-order valence-electron chi connectivity index (χ2n) is 5.88. The smallest absolute Gasteiger partial charge is 0.239 e. The maximum atomic E-state index is 12.3. The highest BCUT2D eigenvalue weighted by Gasteiger charge is 2.20. The van der Waals surface area contributed by atoms with Crippen LogP contribution in [0.4, 0.5) is 5.69 Å². The highest BCUT2D eigenvalue weighted by Crippen LogP contribution is 2.16. The molecule has 0 aromatic heterocycles. The molecule has 0 bridgehead atoms. The standard InChI is InChI=1S/C18H22N2O3S/c1-14-9-10-17(15(2)11-14)19-18(21)13-20(24(3,22)23)12-16-7-5-4-6-8-16/h4-11H,12-13H2,1-3H3,(H,19,21). The molecular formula is C18H22N2O3S. The lowest BCUT2D eigenvalue weighted by Crippen LogP contribution is -2.37. The molecular weight excluding hydrogens is 324 g/mol. The molecule has 0 radical (unpaired) electrons. The molecule has 0 unspecified atom stereocenters. The number of anilines is 1. The van der Waals surface area contributed by atoms with Gasteiger partial charge in [-0.2, -0.15) is 4.31 Å². The first kappa shape index (κ1) is 18.2. The van der Waals surface area contributed by atoms with Crippen molar-refractivity contribution in [2.45, 2.75) is 20.4 Å². The van der Waals surface area contributed by atoms with Crippen molar-refractivity contribution in [2.75, 3.05) is 18.1 Å². The minimum absolute atomic E-state index is 0.167. The number of carbonyl (C=O) groups excluding carboxylic acids is 1. The van der Waals surface area contributed by atoms with Crippen molar-refractivity contribution in [2.24, 2.45) is 0 Å². The van der Waals surface area contributed by atoms with E-state index in [1.807, 2.05) is 62.4 Å². The van der Waals surface area contributed by atoms with Gasteiger partial charge < -0.3 is 5.32 Å². The highest BCUT2D eigenvalue weighted by atomic mass is 32.2. The van der Waals surface area contributed by atoms with Crippen molar-refractivity contribution in [3.05, 3.63) is 65.2 Å². The number of hydrogen-bond donors (Lipinski definition) is 1. The van der Waals surface area contributed by atoms with Gasteiger partial charge in [0.1, 0.15) is 0 Å². The van der Waals surface area contributed by atoms with Crippen LogP contribution < -0.4 is 5.32 Å². The van der Waals surface area contributed by atoms with Gasteiger partial charge in [0.25, 0.3) is 0 Å². The van der Waals surface area contributed by atoms with Crippen LogP contribution >= 0.6 is 0 Å². The van der Waals surface area contributed by atoms with Gasteiger partial charge in [-0.25, -0.2) is 8.42 Å². The van der Waals surface area contributed by atoms with Crippen molar-refractivity contribution in [1.29, 1.82) is 0 Å². The summed E-state index contributed by atoms with van der Waals surface area (Å²) in [5.41, 5.74) is 3.57. The Morgan fingerprint density at radius 2 is 1.75 bits per heavy atom. The number of nitrogens with zero attached hydrogens (tertiary/aromatic N) is 1. The zero-order valence-electron chi connectivity index (χ0n) is 14.1. The van der Waals surface area contributed by atoms with E-state index in [4.69, 9.17) is 0 Å². The third kappa shape index (κ3) is 5.18. The van der Waals surface area contributed by atoms with E-state index in [1.165, 1.54) is 4.31 Å². The average Bonchev–Trinajstić information content (AvgIpc) is 2.49. The van der Waals surface area contributed by atoms with Crippen LogP contribution in [0.15, 0.2) is 48.5 Å². The number of amides is 1. The molecule has 128 valence electrons. The predicted octanol–water partition coefficient (Wildman–Crippen LogP) is 2.70. The summed E-state index contributed by atoms with van der Waals surface area (Å²) >= 11 is 0. The molecule has 0 aliphatic rings. The first-order valence-corrected chi connectivity index (χ1v) is 9.46. The summed E-state index contributed by atoms with van der Waals surface area (Å²) in [7, 11) is -3.49. The van der Waals surface area contributed by atoms with Crippen molar-refractivity contribution in [3.8, 4) is 0 Å². The van der Waals surface area contributed by atoms with Crippen molar-refractivity contribution >= 4 is 21.6 Å². The van der Waals surface area contributed by atoms with Gasteiger partial charge >= 0.3 is 0 Å². The number of carbonyl (C=O) groups is 1. The van der Waals surface area contributed by atoms with Gasteiger partial charge in [-0.3, -0.25) is 4.79 Å². The van der Waals surface area contributed by atoms with Crippen LogP contribution in [0, 0.1) is 13.8 Å². The molecule has 0 heterocycles. The largest absolute Gasteiger partial charge is 0.325 e. The van der Waals surface area contributed by atoms with E-state index >= 15 is 0 Å². The minimum Gasteiger partial charge on any atom is -0.325 e. The molecule has 0 atom stereocenters. The summed E-state index contributed by atoms with van der Waals surface area (Å²) in [6.07, 6.45) is 1.11. The fourth-order valence-corrected chi connectivity index (χ4v) is 3.12. The Balaban J connectivity index is 2.10. The number of benzene rings is 2. The number of hydrogen-bond acceptors (Lipinski definition) is 3. The van der Waals surface area contributed by atoms with Crippen LogP contribution in [0.3, 0.4) is 0 Å². The van der Waals surface area contributed by atoms with Gasteiger partial charge in [0.2, 0.25) is 15.9 Å². The van der Waals surface area contributed by atoms with Gasteiger partial charge in [-0.05, 0) is 31.0 Å². The monoisotopic (exact) mass is 346 g/mol. The van der Waals surface area contributed by atoms with Crippen molar-refractivity contribution in [3.63, 3.8) is 0 Å². The molecule has 0 aliphatic carbocycles. The van der Waals surface area contributed by atoms with Gasteiger partial charge in [0.15, 0.2) is 0 Å². The third-order valence-corrected chi connectivity index (χ3v) is 4.84. The van der Waals surface area contributed by atoms with Crippen LogP contribution in [-0.4, -0.2) is 31.4 Å². The lowest BCUT2D eigenvalue weighted by molar-refractivity contribution is -0.116.